The highest BCUT2D eigenvalue weighted by atomic mass is 19.1. The molecule has 5 nitrogen and oxygen atoms in total. The minimum Gasteiger partial charge on any atom is -0.372 e. The van der Waals surface area contributed by atoms with Gasteiger partial charge in [0, 0.05) is 18.8 Å². The number of nitrogens with zero attached hydrogens (tertiary/aromatic N) is 4. The summed E-state index contributed by atoms with van der Waals surface area (Å²) in [5, 5.41) is 0. The van der Waals surface area contributed by atoms with E-state index in [1.54, 1.807) is 6.08 Å². The van der Waals surface area contributed by atoms with E-state index in [2.05, 4.69) is 58.0 Å². The molecule has 7 heteroatoms. The Labute approximate surface area is 151 Å². The molecule has 1 heterocycles. The highest BCUT2D eigenvalue weighted by Crippen LogP contribution is 2.31. The maximum absolute atomic E-state index is 13.3. The molecular weight excluding hydrogens is 336 g/mol. The highest BCUT2D eigenvalue weighted by Gasteiger charge is 2.30. The van der Waals surface area contributed by atoms with Gasteiger partial charge in [-0.3, -0.25) is 0 Å². The fraction of sp³-hybridized carbons (Fsp3) is 0.316. The van der Waals surface area contributed by atoms with Crippen molar-refractivity contribution in [1.29, 1.82) is 0 Å². The minimum absolute atomic E-state index is 0.120. The normalized spacial score (nSPS) is 19.3. The molecule has 0 aliphatic heterocycles. The van der Waals surface area contributed by atoms with Gasteiger partial charge in [-0.15, -0.1) is 0 Å². The fourth-order valence-electron chi connectivity index (χ4n) is 3.02. The summed E-state index contributed by atoms with van der Waals surface area (Å²) in [5.74, 6) is -0.120. The minimum atomic E-state index is -1.17. The van der Waals surface area contributed by atoms with Crippen LogP contribution in [0.15, 0.2) is 42.5 Å². The molecule has 0 saturated carbocycles. The van der Waals surface area contributed by atoms with E-state index in [-0.39, 0.29) is 5.82 Å². The Morgan fingerprint density at radius 3 is 2.15 bits per heavy atom. The predicted molar refractivity (Wildman–Crippen MR) is 97.3 cm³/mol. The molecule has 1 aliphatic rings. The number of halogens is 2. The largest absolute Gasteiger partial charge is 0.372 e. The third-order valence-electron chi connectivity index (χ3n) is 4.55. The smallest absolute Gasteiger partial charge is 0.314 e. The average Bonchev–Trinajstić information content (AvgIpc) is 2.63. The summed E-state index contributed by atoms with van der Waals surface area (Å²) in [4.78, 5) is 12.2. The molecule has 1 atom stereocenters. The van der Waals surface area contributed by atoms with Crippen LogP contribution in [0.2, 0.25) is 0 Å². The first-order valence-electron chi connectivity index (χ1n) is 8.56. The number of anilines is 1. The summed E-state index contributed by atoms with van der Waals surface area (Å²) >= 11 is 0. The van der Waals surface area contributed by atoms with Gasteiger partial charge in [-0.05, 0) is 43.5 Å². The Hall–Kier alpha value is -2.67. The van der Waals surface area contributed by atoms with Crippen LogP contribution in [-0.2, 0) is 5.54 Å². The summed E-state index contributed by atoms with van der Waals surface area (Å²) < 4.78 is 26.5. The van der Waals surface area contributed by atoms with E-state index in [9.17, 15) is 8.78 Å². The third kappa shape index (κ3) is 3.62. The number of hydrogen-bond donors (Lipinski definition) is 1. The van der Waals surface area contributed by atoms with Gasteiger partial charge in [0.15, 0.2) is 5.82 Å². The van der Waals surface area contributed by atoms with Gasteiger partial charge in [0.05, 0.1) is 5.54 Å². The summed E-state index contributed by atoms with van der Waals surface area (Å²) in [6.07, 6.45) is 3.41. The highest BCUT2D eigenvalue weighted by molar-refractivity contribution is 5.76. The SMILES string of the molecule is CCN(CC)c1ccc(C2=CCC(N)(c3nc(F)nc(F)n3)C=C2)cc1. The standard InChI is InChI=1S/C19H21F2N5/c1-3-26(4-2)15-7-5-13(6-8-15)14-9-11-19(22,12-10-14)16-23-17(20)25-18(21)24-16/h5-11H,3-4,12,22H2,1-2H3. The van der Waals surface area contributed by atoms with Gasteiger partial charge < -0.3 is 10.6 Å². The topological polar surface area (TPSA) is 67.9 Å². The number of rotatable bonds is 5. The number of aromatic nitrogens is 3. The number of benzene rings is 1. The van der Waals surface area contributed by atoms with Gasteiger partial charge in [-0.1, -0.05) is 30.4 Å². The van der Waals surface area contributed by atoms with Gasteiger partial charge >= 0.3 is 12.2 Å². The van der Waals surface area contributed by atoms with Crippen LogP contribution in [0.25, 0.3) is 5.57 Å². The van der Waals surface area contributed by atoms with E-state index in [1.807, 2.05) is 12.2 Å². The van der Waals surface area contributed by atoms with E-state index in [1.165, 1.54) is 5.69 Å². The Kier molecular flexibility index (Phi) is 5.08. The molecule has 26 heavy (non-hydrogen) atoms. The third-order valence-corrected chi connectivity index (χ3v) is 4.55. The summed E-state index contributed by atoms with van der Waals surface area (Å²) in [6.45, 7) is 6.15. The first kappa shape index (κ1) is 18.1. The lowest BCUT2D eigenvalue weighted by Crippen LogP contribution is -2.38. The van der Waals surface area contributed by atoms with Crippen molar-refractivity contribution in [3.05, 3.63) is 66.0 Å². The summed E-state index contributed by atoms with van der Waals surface area (Å²) in [6, 6.07) is 8.27. The number of nitrogens with two attached hydrogens (primary N) is 1. The van der Waals surface area contributed by atoms with Crippen molar-refractivity contribution in [3.63, 3.8) is 0 Å². The fourth-order valence-corrected chi connectivity index (χ4v) is 3.02. The van der Waals surface area contributed by atoms with Gasteiger partial charge in [-0.2, -0.15) is 23.7 Å². The van der Waals surface area contributed by atoms with Crippen LogP contribution in [0.5, 0.6) is 0 Å². The monoisotopic (exact) mass is 357 g/mol. The second kappa shape index (κ2) is 7.29. The second-order valence-corrected chi connectivity index (χ2v) is 6.15. The molecule has 0 fully saturated rings. The van der Waals surface area contributed by atoms with Crippen molar-refractivity contribution in [3.8, 4) is 0 Å². The molecule has 1 unspecified atom stereocenters. The maximum Gasteiger partial charge on any atom is 0.314 e. The molecule has 0 spiro atoms. The molecule has 2 aromatic rings. The van der Waals surface area contributed by atoms with Crippen molar-refractivity contribution in [2.24, 2.45) is 5.73 Å². The first-order valence-corrected chi connectivity index (χ1v) is 8.56. The van der Waals surface area contributed by atoms with Crippen molar-refractivity contribution in [1.82, 2.24) is 15.0 Å². The van der Waals surface area contributed by atoms with Crippen LogP contribution < -0.4 is 10.6 Å². The molecule has 136 valence electrons. The van der Waals surface area contributed by atoms with E-state index in [4.69, 9.17) is 5.73 Å². The second-order valence-electron chi connectivity index (χ2n) is 6.15. The molecule has 0 bridgehead atoms. The Bertz CT molecular complexity index is 823. The molecule has 0 amide bonds. The van der Waals surface area contributed by atoms with Crippen LogP contribution in [0, 0.1) is 12.2 Å². The van der Waals surface area contributed by atoms with Gasteiger partial charge in [0.25, 0.3) is 0 Å². The zero-order valence-corrected chi connectivity index (χ0v) is 14.8. The van der Waals surface area contributed by atoms with Crippen LogP contribution in [-0.4, -0.2) is 28.0 Å². The first-order chi connectivity index (χ1) is 12.4. The van der Waals surface area contributed by atoms with Crippen molar-refractivity contribution in [2.75, 3.05) is 18.0 Å². The number of hydrogen-bond acceptors (Lipinski definition) is 5. The van der Waals surface area contributed by atoms with E-state index >= 15 is 0 Å². The molecule has 1 aromatic carbocycles. The zero-order valence-electron chi connectivity index (χ0n) is 14.8. The molecular formula is C19H21F2N5. The molecule has 3 rings (SSSR count). The van der Waals surface area contributed by atoms with E-state index in [0.717, 1.165) is 24.2 Å². The molecule has 1 aromatic heterocycles. The van der Waals surface area contributed by atoms with Crippen molar-refractivity contribution in [2.45, 2.75) is 25.8 Å². The van der Waals surface area contributed by atoms with Crippen molar-refractivity contribution < 1.29 is 8.78 Å². The summed E-state index contributed by atoms with van der Waals surface area (Å²) in [7, 11) is 0. The van der Waals surface area contributed by atoms with Crippen LogP contribution in [0.1, 0.15) is 31.7 Å². The predicted octanol–water partition coefficient (Wildman–Crippen LogP) is 3.19. The maximum atomic E-state index is 13.3. The van der Waals surface area contributed by atoms with Crippen molar-refractivity contribution >= 4 is 11.3 Å². The Balaban J connectivity index is 1.80. The van der Waals surface area contributed by atoms with E-state index < -0.39 is 17.7 Å². The summed E-state index contributed by atoms with van der Waals surface area (Å²) in [5.41, 5.74) is 8.29. The lowest BCUT2D eigenvalue weighted by Gasteiger charge is -2.26. The number of allylic oxidation sites excluding steroid dienone is 2. The molecule has 1 aliphatic carbocycles. The molecule has 2 N–H and O–H groups in total. The molecule has 0 radical (unpaired) electrons. The van der Waals surface area contributed by atoms with Gasteiger partial charge in [0.1, 0.15) is 0 Å². The zero-order chi connectivity index (χ0) is 18.7. The quantitative estimate of drug-likeness (QED) is 0.890. The van der Waals surface area contributed by atoms with E-state index in [0.29, 0.717) is 6.42 Å². The van der Waals surface area contributed by atoms with Crippen LogP contribution >= 0.6 is 0 Å². The van der Waals surface area contributed by atoms with Crippen LogP contribution in [0.4, 0.5) is 14.5 Å². The van der Waals surface area contributed by atoms with Gasteiger partial charge in [-0.25, -0.2) is 0 Å². The average molecular weight is 357 g/mol. The lowest BCUT2D eigenvalue weighted by atomic mass is 9.87. The lowest BCUT2D eigenvalue weighted by molar-refractivity contribution is 0.412. The molecule has 0 saturated heterocycles. The van der Waals surface area contributed by atoms with Gasteiger partial charge in [0.2, 0.25) is 0 Å². The Morgan fingerprint density at radius 2 is 1.65 bits per heavy atom. The Morgan fingerprint density at radius 1 is 1.04 bits per heavy atom. The van der Waals surface area contributed by atoms with Crippen LogP contribution in [0.3, 0.4) is 0 Å².